The second-order valence-electron chi connectivity index (χ2n) is 6.93. The highest BCUT2D eigenvalue weighted by molar-refractivity contribution is 6.13. The summed E-state index contributed by atoms with van der Waals surface area (Å²) in [5.41, 5.74) is 0.309. The average Bonchev–Trinajstić information content (AvgIpc) is 3.52. The molecule has 0 bridgehead atoms. The van der Waals surface area contributed by atoms with Gasteiger partial charge in [0.15, 0.2) is 0 Å². The Morgan fingerprint density at radius 3 is 2.34 bits per heavy atom. The zero-order valence-electron chi connectivity index (χ0n) is 16.2. The first-order valence-electron chi connectivity index (χ1n) is 9.56. The predicted octanol–water partition coefficient (Wildman–Crippen LogP) is 3.08. The molecule has 2 N–H and O–H groups in total. The summed E-state index contributed by atoms with van der Waals surface area (Å²) in [6.45, 7) is 2.26. The Morgan fingerprint density at radius 2 is 1.72 bits per heavy atom. The lowest BCUT2D eigenvalue weighted by atomic mass is 10.0. The zero-order valence-corrected chi connectivity index (χ0v) is 16.2. The van der Waals surface area contributed by atoms with Gasteiger partial charge in [-0.1, -0.05) is 18.2 Å². The van der Waals surface area contributed by atoms with Crippen LogP contribution in [0.15, 0.2) is 48.5 Å². The lowest BCUT2D eigenvalue weighted by Crippen LogP contribution is -2.40. The minimum atomic E-state index is -1.09. The third-order valence-electron chi connectivity index (χ3n) is 4.91. The molecule has 0 aromatic heterocycles. The van der Waals surface area contributed by atoms with Gasteiger partial charge < -0.3 is 15.4 Å². The van der Waals surface area contributed by atoms with Gasteiger partial charge in [-0.3, -0.25) is 9.59 Å². The van der Waals surface area contributed by atoms with Crippen molar-refractivity contribution in [3.05, 3.63) is 65.5 Å². The van der Waals surface area contributed by atoms with E-state index in [1.807, 2.05) is 0 Å². The first-order valence-corrected chi connectivity index (χ1v) is 9.56. The smallest absolute Gasteiger partial charge is 0.338 e. The van der Waals surface area contributed by atoms with E-state index in [-0.39, 0.29) is 30.8 Å². The Hall–Kier alpha value is -3.22. The second-order valence-corrected chi connectivity index (χ2v) is 6.93. The molecule has 1 aliphatic carbocycles. The van der Waals surface area contributed by atoms with E-state index in [1.165, 1.54) is 6.07 Å². The van der Waals surface area contributed by atoms with Crippen LogP contribution in [-0.2, 0) is 20.7 Å². The predicted molar refractivity (Wildman–Crippen MR) is 106 cm³/mol. The number of hydrogen-bond donors (Lipinski definition) is 2. The lowest BCUT2D eigenvalue weighted by Gasteiger charge is -2.16. The summed E-state index contributed by atoms with van der Waals surface area (Å²) in [5, 5.41) is 5.47. The molecule has 2 aromatic carbocycles. The van der Waals surface area contributed by atoms with E-state index in [1.54, 1.807) is 49.4 Å². The van der Waals surface area contributed by atoms with Crippen molar-refractivity contribution in [1.82, 2.24) is 5.32 Å². The molecular weight excluding hydrogens is 375 g/mol. The number of anilines is 1. The first-order chi connectivity index (χ1) is 14.0. The summed E-state index contributed by atoms with van der Waals surface area (Å²) < 4.78 is 18.6. The first kappa shape index (κ1) is 20.5. The van der Waals surface area contributed by atoms with Gasteiger partial charge in [0, 0.05) is 12.2 Å². The molecule has 2 amide bonds. The SMILES string of the molecule is CCOC(=O)c1ccc(NC(=O)C2(C(=O)NCCc3ccccc3F)CC2)cc1. The number of benzene rings is 2. The molecule has 1 aliphatic rings. The van der Waals surface area contributed by atoms with Gasteiger partial charge in [0.05, 0.1) is 12.2 Å². The number of carbonyl (C=O) groups is 3. The number of hydrogen-bond acceptors (Lipinski definition) is 4. The van der Waals surface area contributed by atoms with Gasteiger partial charge in [-0.15, -0.1) is 0 Å². The van der Waals surface area contributed by atoms with Crippen molar-refractivity contribution in [2.75, 3.05) is 18.5 Å². The molecule has 7 heteroatoms. The summed E-state index contributed by atoms with van der Waals surface area (Å²) in [4.78, 5) is 36.8. The standard InChI is InChI=1S/C22H23FN2O4/c1-2-29-19(26)16-7-9-17(10-8-16)25-21(28)22(12-13-22)20(27)24-14-11-15-5-3-4-6-18(15)23/h3-10H,2,11-14H2,1H3,(H,24,27)(H,25,28). The van der Waals surface area contributed by atoms with Gasteiger partial charge >= 0.3 is 5.97 Å². The van der Waals surface area contributed by atoms with Crippen LogP contribution >= 0.6 is 0 Å². The van der Waals surface area contributed by atoms with Crippen LogP contribution in [0.1, 0.15) is 35.7 Å². The summed E-state index contributed by atoms with van der Waals surface area (Å²) in [6, 6.07) is 12.7. The molecule has 2 aromatic rings. The molecule has 6 nitrogen and oxygen atoms in total. The van der Waals surface area contributed by atoms with E-state index in [0.29, 0.717) is 36.1 Å². The van der Waals surface area contributed by atoms with Crippen molar-refractivity contribution in [1.29, 1.82) is 0 Å². The second kappa shape index (κ2) is 8.86. The summed E-state index contributed by atoms with van der Waals surface area (Å²) in [5.74, 6) is -1.48. The van der Waals surface area contributed by atoms with E-state index in [2.05, 4.69) is 10.6 Å². The number of nitrogens with one attached hydrogen (secondary N) is 2. The highest BCUT2D eigenvalue weighted by atomic mass is 19.1. The van der Waals surface area contributed by atoms with E-state index >= 15 is 0 Å². The largest absolute Gasteiger partial charge is 0.462 e. The van der Waals surface area contributed by atoms with Crippen molar-refractivity contribution in [3.63, 3.8) is 0 Å². The molecule has 0 heterocycles. The summed E-state index contributed by atoms with van der Waals surface area (Å²) in [6.07, 6.45) is 1.28. The fraction of sp³-hybridized carbons (Fsp3) is 0.318. The van der Waals surface area contributed by atoms with Crippen LogP contribution in [0.25, 0.3) is 0 Å². The van der Waals surface area contributed by atoms with Crippen LogP contribution in [0.4, 0.5) is 10.1 Å². The molecule has 0 unspecified atom stereocenters. The van der Waals surface area contributed by atoms with Gasteiger partial charge in [0.25, 0.3) is 0 Å². The van der Waals surface area contributed by atoms with Gasteiger partial charge in [-0.05, 0) is 62.1 Å². The van der Waals surface area contributed by atoms with Gasteiger partial charge in [-0.2, -0.15) is 0 Å². The topological polar surface area (TPSA) is 84.5 Å². The molecule has 0 spiro atoms. The molecule has 152 valence electrons. The fourth-order valence-electron chi connectivity index (χ4n) is 3.02. The Balaban J connectivity index is 1.54. The maximum atomic E-state index is 13.6. The van der Waals surface area contributed by atoms with Gasteiger partial charge in [0.1, 0.15) is 11.2 Å². The molecule has 29 heavy (non-hydrogen) atoms. The number of esters is 1. The molecule has 3 rings (SSSR count). The zero-order chi connectivity index (χ0) is 20.9. The Morgan fingerprint density at radius 1 is 1.03 bits per heavy atom. The van der Waals surface area contributed by atoms with E-state index < -0.39 is 11.4 Å². The number of carbonyl (C=O) groups excluding carboxylic acids is 3. The van der Waals surface area contributed by atoms with Crippen molar-refractivity contribution >= 4 is 23.5 Å². The highest BCUT2D eigenvalue weighted by Gasteiger charge is 2.56. The van der Waals surface area contributed by atoms with Crippen LogP contribution in [-0.4, -0.2) is 30.9 Å². The Labute approximate surface area is 168 Å². The van der Waals surface area contributed by atoms with Crippen LogP contribution < -0.4 is 10.6 Å². The number of halogens is 1. The number of rotatable bonds is 8. The van der Waals surface area contributed by atoms with Crippen LogP contribution in [0, 0.1) is 11.2 Å². The Bertz CT molecular complexity index is 907. The maximum absolute atomic E-state index is 13.6. The van der Waals surface area contributed by atoms with E-state index in [0.717, 1.165) is 0 Å². The molecule has 0 saturated heterocycles. The maximum Gasteiger partial charge on any atom is 0.338 e. The minimum absolute atomic E-state index is 0.253. The van der Waals surface area contributed by atoms with Crippen molar-refractivity contribution < 1.29 is 23.5 Å². The van der Waals surface area contributed by atoms with E-state index in [9.17, 15) is 18.8 Å². The average molecular weight is 398 g/mol. The number of amides is 2. The van der Waals surface area contributed by atoms with Gasteiger partial charge in [-0.25, -0.2) is 9.18 Å². The lowest BCUT2D eigenvalue weighted by molar-refractivity contribution is -0.134. The quantitative estimate of drug-likeness (QED) is 0.529. The Kier molecular flexibility index (Phi) is 6.26. The molecule has 1 fully saturated rings. The summed E-state index contributed by atoms with van der Waals surface area (Å²) in [7, 11) is 0. The fourth-order valence-corrected chi connectivity index (χ4v) is 3.02. The highest BCUT2D eigenvalue weighted by Crippen LogP contribution is 2.46. The normalized spacial score (nSPS) is 14.0. The van der Waals surface area contributed by atoms with Crippen LogP contribution in [0.2, 0.25) is 0 Å². The van der Waals surface area contributed by atoms with Crippen LogP contribution in [0.5, 0.6) is 0 Å². The van der Waals surface area contributed by atoms with E-state index in [4.69, 9.17) is 4.74 Å². The van der Waals surface area contributed by atoms with Crippen molar-refractivity contribution in [3.8, 4) is 0 Å². The summed E-state index contributed by atoms with van der Waals surface area (Å²) >= 11 is 0. The number of ether oxygens (including phenoxy) is 1. The van der Waals surface area contributed by atoms with Crippen LogP contribution in [0.3, 0.4) is 0 Å². The molecule has 0 radical (unpaired) electrons. The van der Waals surface area contributed by atoms with Crippen molar-refractivity contribution in [2.45, 2.75) is 26.2 Å². The van der Waals surface area contributed by atoms with Crippen molar-refractivity contribution in [2.24, 2.45) is 5.41 Å². The molecule has 0 aliphatic heterocycles. The molecule has 0 atom stereocenters. The third-order valence-corrected chi connectivity index (χ3v) is 4.91. The minimum Gasteiger partial charge on any atom is -0.462 e. The molecule has 1 saturated carbocycles. The third kappa shape index (κ3) is 4.80. The van der Waals surface area contributed by atoms with Gasteiger partial charge in [0.2, 0.25) is 11.8 Å². The monoisotopic (exact) mass is 398 g/mol. The molecular formula is C22H23FN2O4.